The van der Waals surface area contributed by atoms with Crippen LogP contribution in [0.2, 0.25) is 0 Å². The third kappa shape index (κ3) is 3.54. The zero-order valence-electron chi connectivity index (χ0n) is 17.4. The Morgan fingerprint density at radius 3 is 2.61 bits per heavy atom. The van der Waals surface area contributed by atoms with Gasteiger partial charge in [-0.1, -0.05) is 12.1 Å². The van der Waals surface area contributed by atoms with E-state index in [4.69, 9.17) is 4.42 Å². The number of nitrogens with one attached hydrogen (secondary N) is 1. The summed E-state index contributed by atoms with van der Waals surface area (Å²) >= 11 is 0. The average molecular weight is 459 g/mol. The lowest BCUT2D eigenvalue weighted by atomic mass is 9.47. The summed E-state index contributed by atoms with van der Waals surface area (Å²) in [4.78, 5) is 21.6. The second-order valence-corrected chi connectivity index (χ2v) is 9.14. The minimum absolute atomic E-state index is 0.0327. The fraction of sp³-hybridized carbons (Fsp3) is 0.500. The number of ether oxygens (including phenoxy) is 1. The SMILES string of the molecule is O=C(NC12CCC1C(c1nnc(C3CC(OC(F)(F)F)C3)o1)C2)c1cnc2ccccc2n1. The van der Waals surface area contributed by atoms with E-state index in [0.29, 0.717) is 23.7 Å². The maximum atomic E-state index is 12.8. The molecule has 1 N–H and O–H groups in total. The maximum Gasteiger partial charge on any atom is 0.522 e. The summed E-state index contributed by atoms with van der Waals surface area (Å²) in [6.45, 7) is 0. The molecule has 3 atom stereocenters. The van der Waals surface area contributed by atoms with E-state index in [-0.39, 0.29) is 47.7 Å². The van der Waals surface area contributed by atoms with Crippen LogP contribution in [0.15, 0.2) is 34.9 Å². The minimum atomic E-state index is -4.63. The zero-order chi connectivity index (χ0) is 22.8. The number of aromatic nitrogens is 4. The molecule has 3 fully saturated rings. The average Bonchev–Trinajstić information content (AvgIpc) is 3.22. The van der Waals surface area contributed by atoms with Crippen LogP contribution in [0.5, 0.6) is 0 Å². The first-order chi connectivity index (χ1) is 15.8. The molecule has 0 radical (unpaired) electrons. The van der Waals surface area contributed by atoms with Crippen LogP contribution < -0.4 is 5.32 Å². The van der Waals surface area contributed by atoms with Crippen LogP contribution in [0.1, 0.15) is 66.2 Å². The molecule has 0 saturated heterocycles. The van der Waals surface area contributed by atoms with E-state index < -0.39 is 12.5 Å². The Morgan fingerprint density at radius 2 is 1.91 bits per heavy atom. The first-order valence-electron chi connectivity index (χ1n) is 10.9. The lowest BCUT2D eigenvalue weighted by molar-refractivity contribution is -0.352. The highest BCUT2D eigenvalue weighted by Crippen LogP contribution is 2.61. The van der Waals surface area contributed by atoms with E-state index in [9.17, 15) is 18.0 Å². The third-order valence-electron chi connectivity index (χ3n) is 7.24. The fourth-order valence-electron chi connectivity index (χ4n) is 5.31. The van der Waals surface area contributed by atoms with Gasteiger partial charge in [0.15, 0.2) is 0 Å². The predicted molar refractivity (Wildman–Crippen MR) is 107 cm³/mol. The van der Waals surface area contributed by atoms with E-state index in [1.807, 2.05) is 24.3 Å². The summed E-state index contributed by atoms with van der Waals surface area (Å²) in [5.74, 6) is 0.601. The number of para-hydroxylation sites is 2. The van der Waals surface area contributed by atoms with Gasteiger partial charge in [0.05, 0.1) is 23.3 Å². The first-order valence-corrected chi connectivity index (χ1v) is 10.9. The number of alkyl halides is 3. The molecular weight excluding hydrogens is 439 g/mol. The van der Waals surface area contributed by atoms with Crippen molar-refractivity contribution in [2.75, 3.05) is 0 Å². The zero-order valence-corrected chi connectivity index (χ0v) is 17.4. The summed E-state index contributed by atoms with van der Waals surface area (Å²) in [6, 6.07) is 7.37. The molecule has 3 aliphatic carbocycles. The Hall–Kier alpha value is -3.08. The number of hydrogen-bond donors (Lipinski definition) is 1. The predicted octanol–water partition coefficient (Wildman–Crippen LogP) is 3.86. The number of carbonyl (C=O) groups excluding carboxylic acids is 1. The van der Waals surface area contributed by atoms with Gasteiger partial charge in [0, 0.05) is 17.4 Å². The molecule has 11 heteroatoms. The molecule has 0 spiro atoms. The van der Waals surface area contributed by atoms with Gasteiger partial charge < -0.3 is 9.73 Å². The number of nitrogens with zero attached hydrogens (tertiary/aromatic N) is 4. The molecular formula is C22H20F3N5O3. The van der Waals surface area contributed by atoms with Crippen LogP contribution in [0, 0.1) is 5.92 Å². The molecule has 3 aromatic rings. The monoisotopic (exact) mass is 459 g/mol. The van der Waals surface area contributed by atoms with Gasteiger partial charge in [-0.15, -0.1) is 23.4 Å². The summed E-state index contributed by atoms with van der Waals surface area (Å²) in [5.41, 5.74) is 1.35. The van der Waals surface area contributed by atoms with Crippen molar-refractivity contribution in [2.45, 2.75) is 61.9 Å². The van der Waals surface area contributed by atoms with Crippen molar-refractivity contribution in [3.8, 4) is 0 Å². The van der Waals surface area contributed by atoms with Gasteiger partial charge in [0.25, 0.3) is 5.91 Å². The summed E-state index contributed by atoms with van der Waals surface area (Å²) in [6.07, 6.45) is -1.12. The van der Waals surface area contributed by atoms with Gasteiger partial charge in [0.1, 0.15) is 5.69 Å². The molecule has 2 heterocycles. The topological polar surface area (TPSA) is 103 Å². The van der Waals surface area contributed by atoms with Crippen molar-refractivity contribution in [2.24, 2.45) is 5.92 Å². The highest BCUT2D eigenvalue weighted by molar-refractivity contribution is 5.94. The van der Waals surface area contributed by atoms with Gasteiger partial charge in [-0.25, -0.2) is 4.98 Å². The third-order valence-corrected chi connectivity index (χ3v) is 7.24. The van der Waals surface area contributed by atoms with Gasteiger partial charge in [0.2, 0.25) is 11.8 Å². The van der Waals surface area contributed by atoms with Gasteiger partial charge in [-0.3, -0.25) is 14.5 Å². The van der Waals surface area contributed by atoms with Crippen molar-refractivity contribution in [1.82, 2.24) is 25.5 Å². The van der Waals surface area contributed by atoms with Crippen molar-refractivity contribution in [1.29, 1.82) is 0 Å². The molecule has 0 bridgehead atoms. The number of carbonyl (C=O) groups is 1. The van der Waals surface area contributed by atoms with Crippen molar-refractivity contribution >= 4 is 16.9 Å². The van der Waals surface area contributed by atoms with Gasteiger partial charge in [-0.2, -0.15) is 0 Å². The summed E-state index contributed by atoms with van der Waals surface area (Å²) in [7, 11) is 0. The maximum absolute atomic E-state index is 12.8. The van der Waals surface area contributed by atoms with Crippen LogP contribution >= 0.6 is 0 Å². The molecule has 3 unspecified atom stereocenters. The Kier molecular flexibility index (Phi) is 4.48. The van der Waals surface area contributed by atoms with Crippen molar-refractivity contribution in [3.05, 3.63) is 47.9 Å². The number of amides is 1. The fourth-order valence-corrected chi connectivity index (χ4v) is 5.31. The molecule has 3 aliphatic rings. The van der Waals surface area contributed by atoms with Crippen LogP contribution in [-0.4, -0.2) is 44.1 Å². The Morgan fingerprint density at radius 1 is 1.15 bits per heavy atom. The largest absolute Gasteiger partial charge is 0.522 e. The molecule has 33 heavy (non-hydrogen) atoms. The van der Waals surface area contributed by atoms with Crippen molar-refractivity contribution < 1.29 is 27.1 Å². The molecule has 1 amide bonds. The Balaban J connectivity index is 1.08. The Labute approximate surface area is 185 Å². The van der Waals surface area contributed by atoms with E-state index >= 15 is 0 Å². The van der Waals surface area contributed by atoms with E-state index in [0.717, 1.165) is 18.4 Å². The second kappa shape index (κ2) is 7.21. The van der Waals surface area contributed by atoms with Crippen LogP contribution in [0.4, 0.5) is 13.2 Å². The first kappa shape index (κ1) is 20.5. The van der Waals surface area contributed by atoms with Gasteiger partial charge in [-0.05, 0) is 50.2 Å². The van der Waals surface area contributed by atoms with E-state index in [2.05, 4.69) is 30.2 Å². The lowest BCUT2D eigenvalue weighted by Crippen LogP contribution is -2.69. The molecule has 6 rings (SSSR count). The summed E-state index contributed by atoms with van der Waals surface area (Å²) < 4.78 is 46.7. The number of benzene rings is 1. The molecule has 172 valence electrons. The summed E-state index contributed by atoms with van der Waals surface area (Å²) in [5, 5.41) is 11.3. The van der Waals surface area contributed by atoms with Crippen molar-refractivity contribution in [3.63, 3.8) is 0 Å². The normalized spacial score (nSPS) is 30.6. The number of rotatable bonds is 5. The highest BCUT2D eigenvalue weighted by Gasteiger charge is 2.62. The standard InChI is InChI=1S/C22H20F3N5O3/c23-22(24,25)33-12-7-11(8-12)19-29-30-20(32-19)13-9-21(6-5-14(13)21)28-18(31)17-10-26-15-3-1-2-4-16(15)27-17/h1-4,10-14H,5-9H2,(H,28,31). The van der Waals surface area contributed by atoms with E-state index in [1.54, 1.807) is 0 Å². The van der Waals surface area contributed by atoms with Gasteiger partial charge >= 0.3 is 6.36 Å². The van der Waals surface area contributed by atoms with E-state index in [1.165, 1.54) is 6.20 Å². The molecule has 1 aromatic carbocycles. The van der Waals surface area contributed by atoms with Crippen LogP contribution in [-0.2, 0) is 4.74 Å². The molecule has 0 aliphatic heterocycles. The van der Waals surface area contributed by atoms with Crippen LogP contribution in [0.25, 0.3) is 11.0 Å². The smallest absolute Gasteiger partial charge is 0.425 e. The number of hydrogen-bond acceptors (Lipinski definition) is 7. The molecule has 8 nitrogen and oxygen atoms in total. The minimum Gasteiger partial charge on any atom is -0.425 e. The number of fused-ring (bicyclic) bond motifs is 2. The van der Waals surface area contributed by atoms with Crippen LogP contribution in [0.3, 0.4) is 0 Å². The highest BCUT2D eigenvalue weighted by atomic mass is 19.4. The quantitative estimate of drug-likeness (QED) is 0.618. The second-order valence-electron chi connectivity index (χ2n) is 9.14. The number of halogens is 3. The molecule has 2 aromatic heterocycles. The Bertz CT molecular complexity index is 1230. The lowest BCUT2D eigenvalue weighted by Gasteiger charge is -2.62. The molecule has 3 saturated carbocycles.